The van der Waals surface area contributed by atoms with Crippen LogP contribution in [0.15, 0.2) is 11.8 Å². The van der Waals surface area contributed by atoms with Gasteiger partial charge in [0.1, 0.15) is 0 Å². The lowest BCUT2D eigenvalue weighted by atomic mass is 10.2. The van der Waals surface area contributed by atoms with Gasteiger partial charge >= 0.3 is 0 Å². The van der Waals surface area contributed by atoms with E-state index in [-0.39, 0.29) is 5.76 Å². The molecule has 2 N–H and O–H groups in total. The SMILES string of the molecule is CCCC/C=C(/OC)C(N)=O. The van der Waals surface area contributed by atoms with Gasteiger partial charge in [-0.2, -0.15) is 0 Å². The van der Waals surface area contributed by atoms with Gasteiger partial charge in [0.2, 0.25) is 0 Å². The molecule has 0 aromatic heterocycles. The van der Waals surface area contributed by atoms with E-state index < -0.39 is 5.91 Å². The topological polar surface area (TPSA) is 52.3 Å². The number of allylic oxidation sites excluding steroid dienone is 1. The van der Waals surface area contributed by atoms with Gasteiger partial charge in [-0.3, -0.25) is 4.79 Å². The van der Waals surface area contributed by atoms with Gasteiger partial charge in [-0.05, 0) is 18.9 Å². The molecule has 0 radical (unpaired) electrons. The molecular formula is C8H15NO2. The number of methoxy groups -OCH3 is 1. The van der Waals surface area contributed by atoms with Crippen LogP contribution in [0.4, 0.5) is 0 Å². The van der Waals surface area contributed by atoms with Crippen LogP contribution < -0.4 is 5.73 Å². The molecule has 3 nitrogen and oxygen atoms in total. The van der Waals surface area contributed by atoms with Crippen LogP contribution in [0.2, 0.25) is 0 Å². The largest absolute Gasteiger partial charge is 0.491 e. The monoisotopic (exact) mass is 157 g/mol. The van der Waals surface area contributed by atoms with Crippen molar-refractivity contribution in [2.45, 2.75) is 26.2 Å². The minimum absolute atomic E-state index is 0.262. The van der Waals surface area contributed by atoms with E-state index in [0.717, 1.165) is 19.3 Å². The predicted molar refractivity (Wildman–Crippen MR) is 43.8 cm³/mol. The summed E-state index contributed by atoms with van der Waals surface area (Å²) in [4.78, 5) is 10.6. The Morgan fingerprint density at radius 3 is 2.64 bits per heavy atom. The zero-order valence-corrected chi connectivity index (χ0v) is 7.09. The number of carbonyl (C=O) groups excluding carboxylic acids is 1. The Labute approximate surface area is 67.2 Å². The summed E-state index contributed by atoms with van der Waals surface area (Å²) >= 11 is 0. The summed E-state index contributed by atoms with van der Waals surface area (Å²) in [7, 11) is 1.45. The lowest BCUT2D eigenvalue weighted by Crippen LogP contribution is -2.15. The van der Waals surface area contributed by atoms with Crippen LogP contribution in [0.25, 0.3) is 0 Å². The third-order valence-corrected chi connectivity index (χ3v) is 1.35. The van der Waals surface area contributed by atoms with Gasteiger partial charge in [0.25, 0.3) is 5.91 Å². The normalized spacial score (nSPS) is 11.3. The first kappa shape index (κ1) is 10.0. The lowest BCUT2D eigenvalue weighted by molar-refractivity contribution is -0.117. The second-order valence-corrected chi connectivity index (χ2v) is 2.28. The zero-order chi connectivity index (χ0) is 8.69. The van der Waals surface area contributed by atoms with Gasteiger partial charge in [0, 0.05) is 0 Å². The summed E-state index contributed by atoms with van der Waals surface area (Å²) in [6.07, 6.45) is 4.74. The molecule has 0 unspecified atom stereocenters. The van der Waals surface area contributed by atoms with Gasteiger partial charge in [-0.1, -0.05) is 13.3 Å². The zero-order valence-electron chi connectivity index (χ0n) is 7.09. The molecule has 0 bridgehead atoms. The molecule has 0 aliphatic rings. The van der Waals surface area contributed by atoms with Gasteiger partial charge in [0.05, 0.1) is 7.11 Å². The predicted octanol–water partition coefficient (Wildman–Crippen LogP) is 1.19. The lowest BCUT2D eigenvalue weighted by Gasteiger charge is -1.99. The molecule has 64 valence electrons. The molecule has 0 atom stereocenters. The number of unbranched alkanes of at least 4 members (excludes halogenated alkanes) is 2. The van der Waals surface area contributed by atoms with Crippen molar-refractivity contribution >= 4 is 5.91 Å². The number of hydrogen-bond acceptors (Lipinski definition) is 2. The molecule has 0 fully saturated rings. The quantitative estimate of drug-likeness (QED) is 0.370. The average Bonchev–Trinajstić information content (AvgIpc) is 1.97. The van der Waals surface area contributed by atoms with Crippen molar-refractivity contribution in [1.82, 2.24) is 0 Å². The Bertz CT molecular complexity index is 152. The fourth-order valence-electron chi connectivity index (χ4n) is 0.722. The smallest absolute Gasteiger partial charge is 0.283 e. The van der Waals surface area contributed by atoms with Gasteiger partial charge in [-0.15, -0.1) is 0 Å². The maximum absolute atomic E-state index is 10.6. The van der Waals surface area contributed by atoms with E-state index in [4.69, 9.17) is 10.5 Å². The van der Waals surface area contributed by atoms with E-state index in [2.05, 4.69) is 6.92 Å². The summed E-state index contributed by atoms with van der Waals surface area (Å²) in [5.74, 6) is -0.234. The molecule has 1 amide bonds. The number of primary amides is 1. The fourth-order valence-corrected chi connectivity index (χ4v) is 0.722. The second kappa shape index (κ2) is 5.77. The van der Waals surface area contributed by atoms with Crippen LogP contribution in [0.3, 0.4) is 0 Å². The molecule has 3 heteroatoms. The van der Waals surface area contributed by atoms with Crippen molar-refractivity contribution in [2.24, 2.45) is 5.73 Å². The van der Waals surface area contributed by atoms with Crippen LogP contribution in [-0.2, 0) is 9.53 Å². The second-order valence-electron chi connectivity index (χ2n) is 2.28. The maximum Gasteiger partial charge on any atom is 0.283 e. The van der Waals surface area contributed by atoms with Crippen molar-refractivity contribution in [3.05, 3.63) is 11.8 Å². The van der Waals surface area contributed by atoms with Crippen molar-refractivity contribution in [3.63, 3.8) is 0 Å². The summed E-state index contributed by atoms with van der Waals surface area (Å²) in [6.45, 7) is 2.09. The molecule has 0 spiro atoms. The number of carbonyl (C=O) groups is 1. The first-order valence-corrected chi connectivity index (χ1v) is 3.76. The van der Waals surface area contributed by atoms with Crippen molar-refractivity contribution < 1.29 is 9.53 Å². The molecule has 0 aromatic carbocycles. The molecule has 0 aliphatic heterocycles. The molecule has 0 aliphatic carbocycles. The summed E-state index contributed by atoms with van der Waals surface area (Å²) in [5, 5.41) is 0. The first-order valence-electron chi connectivity index (χ1n) is 3.76. The van der Waals surface area contributed by atoms with Crippen LogP contribution in [0.1, 0.15) is 26.2 Å². The minimum atomic E-state index is -0.497. The van der Waals surface area contributed by atoms with Gasteiger partial charge in [-0.25, -0.2) is 0 Å². The highest BCUT2D eigenvalue weighted by Gasteiger charge is 2.01. The number of hydrogen-bond donors (Lipinski definition) is 1. The highest BCUT2D eigenvalue weighted by atomic mass is 16.5. The maximum atomic E-state index is 10.6. The number of nitrogens with two attached hydrogens (primary N) is 1. The molecule has 0 aromatic rings. The summed E-state index contributed by atoms with van der Waals surface area (Å²) in [6, 6.07) is 0. The van der Waals surface area contributed by atoms with E-state index >= 15 is 0 Å². The van der Waals surface area contributed by atoms with Crippen molar-refractivity contribution in [1.29, 1.82) is 0 Å². The van der Waals surface area contributed by atoms with Gasteiger partial charge < -0.3 is 10.5 Å². The van der Waals surface area contributed by atoms with Crippen LogP contribution >= 0.6 is 0 Å². The van der Waals surface area contributed by atoms with E-state index in [1.165, 1.54) is 7.11 Å². The molecule has 0 saturated heterocycles. The van der Waals surface area contributed by atoms with Crippen LogP contribution in [0, 0.1) is 0 Å². The third-order valence-electron chi connectivity index (χ3n) is 1.35. The van der Waals surface area contributed by atoms with E-state index in [1.807, 2.05) is 0 Å². The number of amides is 1. The minimum Gasteiger partial charge on any atom is -0.491 e. The highest BCUT2D eigenvalue weighted by molar-refractivity contribution is 5.89. The van der Waals surface area contributed by atoms with Crippen LogP contribution in [0.5, 0.6) is 0 Å². The number of rotatable bonds is 5. The molecule has 11 heavy (non-hydrogen) atoms. The summed E-state index contributed by atoms with van der Waals surface area (Å²) < 4.78 is 4.74. The Balaban J connectivity index is 3.81. The molecule has 0 saturated carbocycles. The molecule has 0 heterocycles. The third kappa shape index (κ3) is 4.42. The Hall–Kier alpha value is -0.990. The first-order chi connectivity index (χ1) is 5.22. The standard InChI is InChI=1S/C8H15NO2/c1-3-4-5-6-7(11-2)8(9)10/h6H,3-5H2,1-2H3,(H2,9,10)/b7-6+. The van der Waals surface area contributed by atoms with Crippen LogP contribution in [-0.4, -0.2) is 13.0 Å². The average molecular weight is 157 g/mol. The Kier molecular flexibility index (Phi) is 5.25. The molecular weight excluding hydrogens is 142 g/mol. The fraction of sp³-hybridized carbons (Fsp3) is 0.625. The van der Waals surface area contributed by atoms with Crippen molar-refractivity contribution in [2.75, 3.05) is 7.11 Å². The Morgan fingerprint density at radius 2 is 2.27 bits per heavy atom. The highest BCUT2D eigenvalue weighted by Crippen LogP contribution is 2.00. The van der Waals surface area contributed by atoms with Crippen molar-refractivity contribution in [3.8, 4) is 0 Å². The van der Waals surface area contributed by atoms with E-state index in [0.29, 0.717) is 0 Å². The number of ether oxygens (including phenoxy) is 1. The summed E-state index contributed by atoms with van der Waals surface area (Å²) in [5.41, 5.74) is 5.00. The van der Waals surface area contributed by atoms with Gasteiger partial charge in [0.15, 0.2) is 5.76 Å². The van der Waals surface area contributed by atoms with E-state index in [9.17, 15) is 4.79 Å². The molecule has 0 rings (SSSR count). The Morgan fingerprint density at radius 1 is 1.64 bits per heavy atom. The van der Waals surface area contributed by atoms with E-state index in [1.54, 1.807) is 6.08 Å².